The summed E-state index contributed by atoms with van der Waals surface area (Å²) in [6.45, 7) is 0. The summed E-state index contributed by atoms with van der Waals surface area (Å²) in [4.78, 5) is 22.8. The molecular formula is C43H32N4O. The highest BCUT2D eigenvalue weighted by Gasteiger charge is 2.15. The minimum atomic E-state index is -0.0311. The molecule has 0 aliphatic rings. The molecule has 5 heteroatoms. The Hall–Kier alpha value is -6.33. The van der Waals surface area contributed by atoms with Crippen LogP contribution in [0, 0.1) is 0 Å². The van der Waals surface area contributed by atoms with Gasteiger partial charge in [0.25, 0.3) is 0 Å². The van der Waals surface area contributed by atoms with Gasteiger partial charge in [0.05, 0.1) is 22.4 Å². The van der Waals surface area contributed by atoms with Gasteiger partial charge in [0.2, 0.25) is 0 Å². The first-order chi connectivity index (χ1) is 23.5. The van der Waals surface area contributed by atoms with Crippen LogP contribution in [0.25, 0.3) is 78.3 Å². The van der Waals surface area contributed by atoms with E-state index in [1.807, 2.05) is 31.3 Å². The number of fused-ring (bicyclic) bond motifs is 1. The van der Waals surface area contributed by atoms with Crippen LogP contribution >= 0.6 is 0 Å². The van der Waals surface area contributed by atoms with Gasteiger partial charge in [0.1, 0.15) is 0 Å². The highest BCUT2D eigenvalue weighted by Crippen LogP contribution is 2.35. The fourth-order valence-corrected chi connectivity index (χ4v) is 6.39. The zero-order valence-electron chi connectivity index (χ0n) is 26.7. The molecule has 0 amide bonds. The molecule has 0 fully saturated rings. The number of hydrogen-bond donors (Lipinski definition) is 0. The second-order valence-corrected chi connectivity index (χ2v) is 12.0. The molecule has 230 valence electrons. The quantitative estimate of drug-likeness (QED) is 0.186. The van der Waals surface area contributed by atoms with E-state index in [1.165, 1.54) is 5.56 Å². The second-order valence-electron chi connectivity index (χ2n) is 12.0. The Kier molecular flexibility index (Phi) is 7.35. The molecule has 0 bridgehead atoms. The summed E-state index contributed by atoms with van der Waals surface area (Å²) in [5.41, 5.74) is 13.1. The summed E-state index contributed by atoms with van der Waals surface area (Å²) >= 11 is 0. The molecular weight excluding hydrogens is 589 g/mol. The number of imidazole rings is 1. The number of benzene rings is 6. The van der Waals surface area contributed by atoms with Crippen molar-refractivity contribution in [3.8, 4) is 67.3 Å². The lowest BCUT2D eigenvalue weighted by atomic mass is 9.98. The lowest BCUT2D eigenvalue weighted by Gasteiger charge is -2.13. The van der Waals surface area contributed by atoms with Gasteiger partial charge >= 0.3 is 5.69 Å². The average Bonchev–Trinajstić information content (AvgIpc) is 3.38. The van der Waals surface area contributed by atoms with E-state index in [0.29, 0.717) is 5.82 Å². The molecule has 0 spiro atoms. The van der Waals surface area contributed by atoms with E-state index in [-0.39, 0.29) is 5.69 Å². The van der Waals surface area contributed by atoms with Crippen LogP contribution in [-0.4, -0.2) is 19.1 Å². The summed E-state index contributed by atoms with van der Waals surface area (Å²) in [7, 11) is 3.62. The van der Waals surface area contributed by atoms with Crippen molar-refractivity contribution in [2.75, 3.05) is 0 Å². The first-order valence-corrected chi connectivity index (χ1v) is 16.0. The molecule has 48 heavy (non-hydrogen) atoms. The Labute approximate surface area is 279 Å². The molecule has 0 N–H and O–H groups in total. The normalized spacial score (nSPS) is 11.2. The maximum Gasteiger partial charge on any atom is 0.328 e. The first kappa shape index (κ1) is 29.1. The summed E-state index contributed by atoms with van der Waals surface area (Å²) in [5, 5.41) is 0. The fraction of sp³-hybridized carbons (Fsp3) is 0.0465. The topological polar surface area (TPSA) is 52.7 Å². The Balaban J connectivity index is 1.23. The Morgan fingerprint density at radius 1 is 0.396 bits per heavy atom. The van der Waals surface area contributed by atoms with Crippen molar-refractivity contribution in [3.05, 3.63) is 168 Å². The zero-order chi connectivity index (χ0) is 32.6. The lowest BCUT2D eigenvalue weighted by molar-refractivity contribution is 0.795. The smallest absolute Gasteiger partial charge is 0.295 e. The minimum absolute atomic E-state index is 0.0311. The van der Waals surface area contributed by atoms with Gasteiger partial charge in [0, 0.05) is 30.8 Å². The van der Waals surface area contributed by atoms with Crippen LogP contribution < -0.4 is 5.69 Å². The number of aryl methyl sites for hydroxylation is 2. The van der Waals surface area contributed by atoms with E-state index in [2.05, 4.69) is 133 Å². The van der Waals surface area contributed by atoms with Crippen LogP contribution in [0.2, 0.25) is 0 Å². The van der Waals surface area contributed by atoms with E-state index in [4.69, 9.17) is 9.97 Å². The number of rotatable bonds is 6. The molecule has 5 nitrogen and oxygen atoms in total. The summed E-state index contributed by atoms with van der Waals surface area (Å²) < 4.78 is 3.37. The minimum Gasteiger partial charge on any atom is -0.295 e. The molecule has 0 saturated carbocycles. The molecule has 8 rings (SSSR count). The van der Waals surface area contributed by atoms with Gasteiger partial charge in [-0.25, -0.2) is 14.8 Å². The van der Waals surface area contributed by atoms with Crippen molar-refractivity contribution < 1.29 is 0 Å². The van der Waals surface area contributed by atoms with Crippen LogP contribution in [0.1, 0.15) is 0 Å². The second kappa shape index (κ2) is 12.1. The predicted octanol–water partition coefficient (Wildman–Crippen LogP) is 9.67. The first-order valence-electron chi connectivity index (χ1n) is 16.0. The molecule has 0 radical (unpaired) electrons. The van der Waals surface area contributed by atoms with Crippen LogP contribution in [-0.2, 0) is 14.1 Å². The van der Waals surface area contributed by atoms with Gasteiger partial charge in [-0.3, -0.25) is 9.13 Å². The predicted molar refractivity (Wildman–Crippen MR) is 196 cm³/mol. The van der Waals surface area contributed by atoms with E-state index in [1.54, 1.807) is 16.2 Å². The standard InChI is InChI=1S/C43H32N4O/c1-46-40-26-25-35(27-41(40)47(2)43(46)48)31-19-23-34(24-20-31)39-28-38(33-21-17-30(18-22-33)29-11-5-3-6-12-29)44-42(45-39)37-16-10-9-15-36(37)32-13-7-4-8-14-32/h3-28H,1-2H3. The van der Waals surface area contributed by atoms with Gasteiger partial charge in [-0.15, -0.1) is 0 Å². The molecule has 2 heterocycles. The Morgan fingerprint density at radius 3 is 1.44 bits per heavy atom. The van der Waals surface area contributed by atoms with Crippen LogP contribution in [0.15, 0.2) is 163 Å². The van der Waals surface area contributed by atoms with E-state index >= 15 is 0 Å². The highest BCUT2D eigenvalue weighted by molar-refractivity contribution is 5.85. The number of nitrogens with zero attached hydrogens (tertiary/aromatic N) is 4. The van der Waals surface area contributed by atoms with E-state index in [0.717, 1.165) is 66.9 Å². The molecule has 0 aliphatic carbocycles. The number of hydrogen-bond acceptors (Lipinski definition) is 3. The van der Waals surface area contributed by atoms with Crippen molar-refractivity contribution in [1.82, 2.24) is 19.1 Å². The van der Waals surface area contributed by atoms with Crippen molar-refractivity contribution in [2.24, 2.45) is 14.1 Å². The molecule has 0 aliphatic heterocycles. The van der Waals surface area contributed by atoms with Crippen LogP contribution in [0.4, 0.5) is 0 Å². The molecule has 0 unspecified atom stereocenters. The summed E-state index contributed by atoms with van der Waals surface area (Å²) in [6, 6.07) is 54.4. The Morgan fingerprint density at radius 2 is 0.833 bits per heavy atom. The zero-order valence-corrected chi connectivity index (χ0v) is 26.7. The third kappa shape index (κ3) is 5.31. The monoisotopic (exact) mass is 620 g/mol. The summed E-state index contributed by atoms with van der Waals surface area (Å²) in [6.07, 6.45) is 0. The van der Waals surface area contributed by atoms with E-state index < -0.39 is 0 Å². The summed E-state index contributed by atoms with van der Waals surface area (Å²) in [5.74, 6) is 0.675. The average molecular weight is 621 g/mol. The van der Waals surface area contributed by atoms with Gasteiger partial charge < -0.3 is 0 Å². The van der Waals surface area contributed by atoms with Crippen molar-refractivity contribution >= 4 is 11.0 Å². The molecule has 0 atom stereocenters. The van der Waals surface area contributed by atoms with Crippen molar-refractivity contribution in [1.29, 1.82) is 0 Å². The van der Waals surface area contributed by atoms with Gasteiger partial charge in [-0.1, -0.05) is 140 Å². The molecule has 6 aromatic carbocycles. The Bertz CT molecular complexity index is 2460. The maximum atomic E-state index is 12.5. The highest BCUT2D eigenvalue weighted by atomic mass is 16.1. The molecule has 8 aromatic rings. The molecule has 2 aromatic heterocycles. The van der Waals surface area contributed by atoms with Gasteiger partial charge in [-0.05, 0) is 51.6 Å². The van der Waals surface area contributed by atoms with Crippen molar-refractivity contribution in [3.63, 3.8) is 0 Å². The molecule has 0 saturated heterocycles. The number of aromatic nitrogens is 4. The third-order valence-corrected chi connectivity index (χ3v) is 9.05. The SMILES string of the molecule is Cn1c(=O)n(C)c2cc(-c3ccc(-c4cc(-c5ccc(-c6ccccc6)cc5)nc(-c5ccccc5-c5ccccc5)n4)cc3)ccc21. The van der Waals surface area contributed by atoms with Crippen LogP contribution in [0.5, 0.6) is 0 Å². The maximum absolute atomic E-state index is 12.5. The van der Waals surface area contributed by atoms with Gasteiger partial charge in [-0.2, -0.15) is 0 Å². The van der Waals surface area contributed by atoms with Gasteiger partial charge in [0.15, 0.2) is 5.82 Å². The van der Waals surface area contributed by atoms with Crippen LogP contribution in [0.3, 0.4) is 0 Å². The fourth-order valence-electron chi connectivity index (χ4n) is 6.39. The lowest BCUT2D eigenvalue weighted by Crippen LogP contribution is -2.19. The largest absolute Gasteiger partial charge is 0.328 e. The van der Waals surface area contributed by atoms with Crippen molar-refractivity contribution in [2.45, 2.75) is 0 Å². The third-order valence-electron chi connectivity index (χ3n) is 9.05. The van der Waals surface area contributed by atoms with E-state index in [9.17, 15) is 4.79 Å².